The van der Waals surface area contributed by atoms with Crippen LogP contribution < -0.4 is 5.32 Å². The van der Waals surface area contributed by atoms with Gasteiger partial charge in [0.25, 0.3) is 0 Å². The Morgan fingerprint density at radius 2 is 1.79 bits per heavy atom. The van der Waals surface area contributed by atoms with Gasteiger partial charge >= 0.3 is 0 Å². The summed E-state index contributed by atoms with van der Waals surface area (Å²) in [6, 6.07) is 13.7. The number of piperidine rings is 1. The van der Waals surface area contributed by atoms with Crippen molar-refractivity contribution in [3.8, 4) is 6.07 Å². The van der Waals surface area contributed by atoms with E-state index in [1.54, 1.807) is 46.8 Å². The number of anilines is 1. The Kier molecular flexibility index (Phi) is 6.12. The Balaban J connectivity index is 1.73. The van der Waals surface area contributed by atoms with Gasteiger partial charge in [-0.3, -0.25) is 4.79 Å². The molecular formula is C21H23N3O3S. The van der Waals surface area contributed by atoms with Crippen LogP contribution in [-0.4, -0.2) is 31.6 Å². The van der Waals surface area contributed by atoms with Crippen molar-refractivity contribution in [2.75, 3.05) is 18.4 Å². The van der Waals surface area contributed by atoms with Gasteiger partial charge in [0, 0.05) is 30.9 Å². The molecule has 146 valence electrons. The Morgan fingerprint density at radius 3 is 2.39 bits per heavy atom. The molecule has 2 aromatic carbocycles. The SMILES string of the molecule is CC(=O)c1ccc(C#N)cc1NCc1ccc(S(=O)(=O)N2CCCCC2)cc1. The molecule has 0 unspecified atom stereocenters. The Morgan fingerprint density at radius 1 is 1.11 bits per heavy atom. The molecule has 1 aliphatic heterocycles. The van der Waals surface area contributed by atoms with Gasteiger partial charge in [0.2, 0.25) is 10.0 Å². The number of nitriles is 1. The molecule has 2 aromatic rings. The molecule has 0 bridgehead atoms. The first-order valence-corrected chi connectivity index (χ1v) is 10.7. The zero-order valence-electron chi connectivity index (χ0n) is 15.8. The van der Waals surface area contributed by atoms with Crippen LogP contribution in [-0.2, 0) is 16.6 Å². The molecule has 0 atom stereocenters. The fourth-order valence-corrected chi connectivity index (χ4v) is 4.82. The molecule has 6 nitrogen and oxygen atoms in total. The predicted octanol–water partition coefficient (Wildman–Crippen LogP) is 3.55. The van der Waals surface area contributed by atoms with E-state index in [1.165, 1.54) is 6.92 Å². The van der Waals surface area contributed by atoms with Crippen LogP contribution in [0.25, 0.3) is 0 Å². The summed E-state index contributed by atoms with van der Waals surface area (Å²) in [5.74, 6) is -0.0880. The molecule has 0 spiro atoms. The summed E-state index contributed by atoms with van der Waals surface area (Å²) < 4.78 is 27.0. The highest BCUT2D eigenvalue weighted by molar-refractivity contribution is 7.89. The maximum absolute atomic E-state index is 12.7. The molecule has 1 heterocycles. The monoisotopic (exact) mass is 397 g/mol. The van der Waals surface area contributed by atoms with Crippen molar-refractivity contribution in [1.82, 2.24) is 4.31 Å². The van der Waals surface area contributed by atoms with Crippen molar-refractivity contribution >= 4 is 21.5 Å². The molecule has 1 N–H and O–H groups in total. The van der Waals surface area contributed by atoms with Crippen LogP contribution in [0.4, 0.5) is 5.69 Å². The number of rotatable bonds is 6. The third kappa shape index (κ3) is 4.41. The highest BCUT2D eigenvalue weighted by Crippen LogP contribution is 2.22. The first-order valence-electron chi connectivity index (χ1n) is 9.30. The minimum absolute atomic E-state index is 0.0880. The van der Waals surface area contributed by atoms with Crippen LogP contribution in [0.5, 0.6) is 0 Å². The van der Waals surface area contributed by atoms with E-state index in [0.717, 1.165) is 24.8 Å². The molecule has 1 aliphatic rings. The molecule has 0 amide bonds. The average Bonchev–Trinajstić information content (AvgIpc) is 2.72. The second-order valence-electron chi connectivity index (χ2n) is 6.89. The average molecular weight is 398 g/mol. The van der Waals surface area contributed by atoms with Crippen molar-refractivity contribution in [1.29, 1.82) is 5.26 Å². The lowest BCUT2D eigenvalue weighted by atomic mass is 10.1. The summed E-state index contributed by atoms with van der Waals surface area (Å²) in [5, 5.41) is 12.2. The van der Waals surface area contributed by atoms with Gasteiger partial charge in [-0.15, -0.1) is 0 Å². The number of carbonyl (C=O) groups is 1. The summed E-state index contributed by atoms with van der Waals surface area (Å²) in [4.78, 5) is 12.1. The lowest BCUT2D eigenvalue weighted by molar-refractivity contribution is 0.101. The summed E-state index contributed by atoms with van der Waals surface area (Å²) in [5.41, 5.74) is 2.46. The molecule has 0 saturated carbocycles. The van der Waals surface area contributed by atoms with Gasteiger partial charge in [-0.1, -0.05) is 18.6 Å². The van der Waals surface area contributed by atoms with Crippen LogP contribution in [0.15, 0.2) is 47.4 Å². The first-order chi connectivity index (χ1) is 13.4. The van der Waals surface area contributed by atoms with Gasteiger partial charge in [0.1, 0.15) is 0 Å². The maximum Gasteiger partial charge on any atom is 0.243 e. The van der Waals surface area contributed by atoms with Crippen LogP contribution in [0.3, 0.4) is 0 Å². The fraction of sp³-hybridized carbons (Fsp3) is 0.333. The quantitative estimate of drug-likeness (QED) is 0.753. The molecule has 7 heteroatoms. The number of hydrogen-bond acceptors (Lipinski definition) is 5. The van der Waals surface area contributed by atoms with E-state index in [9.17, 15) is 13.2 Å². The van der Waals surface area contributed by atoms with E-state index >= 15 is 0 Å². The van der Waals surface area contributed by atoms with Crippen molar-refractivity contribution < 1.29 is 13.2 Å². The molecule has 28 heavy (non-hydrogen) atoms. The first kappa shape index (κ1) is 20.1. The smallest absolute Gasteiger partial charge is 0.243 e. The summed E-state index contributed by atoms with van der Waals surface area (Å²) >= 11 is 0. The molecule has 3 rings (SSSR count). The number of hydrogen-bond donors (Lipinski definition) is 1. The number of carbonyl (C=O) groups excluding carboxylic acids is 1. The van der Waals surface area contributed by atoms with Crippen molar-refractivity contribution in [3.63, 3.8) is 0 Å². The largest absolute Gasteiger partial charge is 0.380 e. The molecule has 0 aromatic heterocycles. The number of nitrogens with zero attached hydrogens (tertiary/aromatic N) is 2. The zero-order valence-corrected chi connectivity index (χ0v) is 16.6. The molecule has 0 radical (unpaired) electrons. The lowest BCUT2D eigenvalue weighted by Crippen LogP contribution is -2.35. The lowest BCUT2D eigenvalue weighted by Gasteiger charge is -2.25. The number of benzene rings is 2. The number of ketones is 1. The summed E-state index contributed by atoms with van der Waals surface area (Å²) in [6.07, 6.45) is 2.88. The third-order valence-electron chi connectivity index (χ3n) is 4.89. The minimum atomic E-state index is -3.44. The van der Waals surface area contributed by atoms with Gasteiger partial charge in [0.05, 0.1) is 16.5 Å². The molecule has 1 saturated heterocycles. The highest BCUT2D eigenvalue weighted by Gasteiger charge is 2.25. The number of sulfonamides is 1. The van der Waals surface area contributed by atoms with E-state index in [1.807, 2.05) is 0 Å². The minimum Gasteiger partial charge on any atom is -0.380 e. The highest BCUT2D eigenvalue weighted by atomic mass is 32.2. The number of nitrogens with one attached hydrogen (secondary N) is 1. The Labute approximate surface area is 165 Å². The van der Waals surface area contributed by atoms with Gasteiger partial charge in [-0.25, -0.2) is 8.42 Å². The van der Waals surface area contributed by atoms with Crippen LogP contribution in [0.2, 0.25) is 0 Å². The standard InChI is InChI=1S/C21H23N3O3S/c1-16(25)20-10-7-18(14-22)13-21(20)23-15-17-5-8-19(9-6-17)28(26,27)24-11-3-2-4-12-24/h5-10,13,23H,2-4,11-12,15H2,1H3. The normalized spacial score (nSPS) is 15.0. The molecule has 1 fully saturated rings. The molecular weight excluding hydrogens is 374 g/mol. The van der Waals surface area contributed by atoms with Gasteiger partial charge in [-0.2, -0.15) is 9.57 Å². The van der Waals surface area contributed by atoms with E-state index in [4.69, 9.17) is 5.26 Å². The van der Waals surface area contributed by atoms with E-state index in [2.05, 4.69) is 11.4 Å². The van der Waals surface area contributed by atoms with E-state index in [-0.39, 0.29) is 5.78 Å². The van der Waals surface area contributed by atoms with E-state index in [0.29, 0.717) is 41.3 Å². The molecule has 0 aliphatic carbocycles. The van der Waals surface area contributed by atoms with Gasteiger partial charge in [0.15, 0.2) is 5.78 Å². The van der Waals surface area contributed by atoms with Gasteiger partial charge in [-0.05, 0) is 55.7 Å². The Hall–Kier alpha value is -2.69. The summed E-state index contributed by atoms with van der Waals surface area (Å²) in [7, 11) is -3.44. The second kappa shape index (κ2) is 8.55. The van der Waals surface area contributed by atoms with E-state index < -0.39 is 10.0 Å². The predicted molar refractivity (Wildman–Crippen MR) is 108 cm³/mol. The zero-order chi connectivity index (χ0) is 20.1. The third-order valence-corrected chi connectivity index (χ3v) is 6.80. The number of Topliss-reactive ketones (excluding diaryl/α,β-unsaturated/α-hetero) is 1. The topological polar surface area (TPSA) is 90.3 Å². The maximum atomic E-state index is 12.7. The van der Waals surface area contributed by atoms with Crippen LogP contribution in [0.1, 0.15) is 47.7 Å². The van der Waals surface area contributed by atoms with Crippen molar-refractivity contribution in [3.05, 3.63) is 59.2 Å². The van der Waals surface area contributed by atoms with Crippen molar-refractivity contribution in [2.45, 2.75) is 37.6 Å². The summed E-state index contributed by atoms with van der Waals surface area (Å²) in [6.45, 7) is 3.05. The second-order valence-corrected chi connectivity index (χ2v) is 8.83. The Bertz CT molecular complexity index is 1000. The van der Waals surface area contributed by atoms with Gasteiger partial charge < -0.3 is 5.32 Å². The van der Waals surface area contributed by atoms with Crippen LogP contribution >= 0.6 is 0 Å². The van der Waals surface area contributed by atoms with Crippen LogP contribution in [0, 0.1) is 11.3 Å². The fourth-order valence-electron chi connectivity index (χ4n) is 3.30. The van der Waals surface area contributed by atoms with Crippen molar-refractivity contribution in [2.24, 2.45) is 0 Å².